The van der Waals surface area contributed by atoms with Gasteiger partial charge in [-0.2, -0.15) is 13.2 Å². The molecule has 0 spiro atoms. The van der Waals surface area contributed by atoms with Gasteiger partial charge in [-0.15, -0.1) is 0 Å². The summed E-state index contributed by atoms with van der Waals surface area (Å²) in [6.45, 7) is 6.83. The number of hydrogen-bond acceptors (Lipinski definition) is 3. The summed E-state index contributed by atoms with van der Waals surface area (Å²) in [6.07, 6.45) is 0. The van der Waals surface area contributed by atoms with E-state index in [-0.39, 0.29) is 22.7 Å². The van der Waals surface area contributed by atoms with Gasteiger partial charge in [0.1, 0.15) is 0 Å². The summed E-state index contributed by atoms with van der Waals surface area (Å²) in [7, 11) is 2.00. The zero-order valence-corrected chi connectivity index (χ0v) is 13.6. The topological polar surface area (TPSA) is 29.3 Å². The molecule has 1 aromatic rings. The molecule has 2 atom stereocenters. The minimum absolute atomic E-state index is 0.00679. The Morgan fingerprint density at radius 1 is 1.14 bits per heavy atom. The fourth-order valence-corrected chi connectivity index (χ4v) is 2.72. The Balaban J connectivity index is 2.87. The van der Waals surface area contributed by atoms with E-state index in [0.717, 1.165) is 5.56 Å². The molecule has 2 unspecified atom stereocenters. The summed E-state index contributed by atoms with van der Waals surface area (Å²) in [5.41, 5.74) is 2.55. The predicted molar refractivity (Wildman–Crippen MR) is 82.2 cm³/mol. The molecule has 0 aliphatic heterocycles. The maximum Gasteiger partial charge on any atom is 0.446 e. The molecule has 0 aromatic heterocycles. The molecular formula is C15H23F3N2S. The van der Waals surface area contributed by atoms with E-state index in [1.165, 1.54) is 12.1 Å². The second-order valence-corrected chi connectivity index (χ2v) is 6.66. The van der Waals surface area contributed by atoms with Crippen LogP contribution in [0.1, 0.15) is 32.4 Å². The SMILES string of the molecule is CC(C)C(C)N(C)C(CN)c1ccc(SC(F)(F)F)cc1. The van der Waals surface area contributed by atoms with E-state index < -0.39 is 5.51 Å². The van der Waals surface area contributed by atoms with Gasteiger partial charge in [-0.3, -0.25) is 4.90 Å². The fraction of sp³-hybridized carbons (Fsp3) is 0.600. The molecule has 0 aliphatic rings. The number of nitrogens with zero attached hydrogens (tertiary/aromatic N) is 1. The number of likely N-dealkylation sites (N-methyl/N-ethyl adjacent to an activating group) is 1. The molecule has 2 N–H and O–H groups in total. The molecule has 0 bridgehead atoms. The van der Waals surface area contributed by atoms with Gasteiger partial charge in [0, 0.05) is 23.5 Å². The predicted octanol–water partition coefficient (Wildman–Crippen LogP) is 4.27. The van der Waals surface area contributed by atoms with E-state index in [1.54, 1.807) is 12.1 Å². The molecule has 1 rings (SSSR count). The maximum atomic E-state index is 12.3. The summed E-state index contributed by atoms with van der Waals surface area (Å²) in [5, 5.41) is 0. The molecule has 21 heavy (non-hydrogen) atoms. The van der Waals surface area contributed by atoms with Gasteiger partial charge in [0.2, 0.25) is 0 Å². The van der Waals surface area contributed by atoms with Crippen molar-refractivity contribution in [3.63, 3.8) is 0 Å². The van der Waals surface area contributed by atoms with Gasteiger partial charge in [-0.25, -0.2) is 0 Å². The van der Waals surface area contributed by atoms with Crippen molar-refractivity contribution in [2.45, 2.75) is 43.3 Å². The zero-order valence-electron chi connectivity index (χ0n) is 12.8. The molecule has 120 valence electrons. The smallest absolute Gasteiger partial charge is 0.329 e. The average Bonchev–Trinajstić information content (AvgIpc) is 2.38. The van der Waals surface area contributed by atoms with E-state index in [9.17, 15) is 13.2 Å². The van der Waals surface area contributed by atoms with Gasteiger partial charge < -0.3 is 5.73 Å². The Morgan fingerprint density at radius 3 is 2.05 bits per heavy atom. The summed E-state index contributed by atoms with van der Waals surface area (Å²) >= 11 is -0.0965. The lowest BCUT2D eigenvalue weighted by molar-refractivity contribution is -0.0328. The highest BCUT2D eigenvalue weighted by molar-refractivity contribution is 8.00. The van der Waals surface area contributed by atoms with Crippen LogP contribution < -0.4 is 5.73 Å². The normalized spacial score (nSPS) is 15.5. The number of benzene rings is 1. The third-order valence-corrected chi connectivity index (χ3v) is 4.56. The van der Waals surface area contributed by atoms with Crippen LogP contribution in [0.15, 0.2) is 29.2 Å². The monoisotopic (exact) mass is 320 g/mol. The third-order valence-electron chi connectivity index (χ3n) is 3.82. The summed E-state index contributed by atoms with van der Waals surface area (Å²) in [5.74, 6) is 0.476. The van der Waals surface area contributed by atoms with Gasteiger partial charge in [0.05, 0.1) is 0 Å². The van der Waals surface area contributed by atoms with Crippen molar-refractivity contribution in [3.8, 4) is 0 Å². The number of rotatable bonds is 6. The molecule has 1 aromatic carbocycles. The quantitative estimate of drug-likeness (QED) is 0.794. The van der Waals surface area contributed by atoms with E-state index in [2.05, 4.69) is 25.7 Å². The number of hydrogen-bond donors (Lipinski definition) is 1. The highest BCUT2D eigenvalue weighted by Crippen LogP contribution is 2.37. The van der Waals surface area contributed by atoms with Crippen LogP contribution in [-0.4, -0.2) is 30.0 Å². The van der Waals surface area contributed by atoms with E-state index in [0.29, 0.717) is 18.5 Å². The Bertz CT molecular complexity index is 432. The molecule has 0 fully saturated rings. The summed E-state index contributed by atoms with van der Waals surface area (Å²) in [4.78, 5) is 2.37. The van der Waals surface area contributed by atoms with Crippen molar-refractivity contribution in [1.82, 2.24) is 4.90 Å². The van der Waals surface area contributed by atoms with Crippen molar-refractivity contribution in [3.05, 3.63) is 29.8 Å². The van der Waals surface area contributed by atoms with E-state index in [4.69, 9.17) is 5.73 Å². The molecule has 2 nitrogen and oxygen atoms in total. The Hall–Kier alpha value is -0.720. The van der Waals surface area contributed by atoms with Crippen molar-refractivity contribution < 1.29 is 13.2 Å². The van der Waals surface area contributed by atoms with Crippen LogP contribution in [0.5, 0.6) is 0 Å². The first-order chi connectivity index (χ1) is 9.65. The first-order valence-electron chi connectivity index (χ1n) is 6.93. The fourth-order valence-electron chi connectivity index (χ4n) is 2.18. The van der Waals surface area contributed by atoms with Crippen LogP contribution in [-0.2, 0) is 0 Å². The van der Waals surface area contributed by atoms with Gasteiger partial charge >= 0.3 is 5.51 Å². The van der Waals surface area contributed by atoms with Crippen molar-refractivity contribution in [1.29, 1.82) is 0 Å². The summed E-state index contributed by atoms with van der Waals surface area (Å²) in [6, 6.07) is 6.81. The molecule has 0 saturated heterocycles. The first kappa shape index (κ1) is 18.3. The van der Waals surface area contributed by atoms with Crippen LogP contribution in [0.4, 0.5) is 13.2 Å². The molecule has 6 heteroatoms. The lowest BCUT2D eigenvalue weighted by Crippen LogP contribution is -2.39. The summed E-state index contributed by atoms with van der Waals surface area (Å²) < 4.78 is 37.0. The van der Waals surface area contributed by atoms with Crippen molar-refractivity contribution in [2.24, 2.45) is 11.7 Å². The van der Waals surface area contributed by atoms with Gasteiger partial charge in [0.25, 0.3) is 0 Å². The largest absolute Gasteiger partial charge is 0.446 e. The standard InChI is InChI=1S/C15H23F3N2S/c1-10(2)11(3)20(4)14(9-19)12-5-7-13(8-6-12)21-15(16,17)18/h5-8,10-11,14H,9,19H2,1-4H3. The van der Waals surface area contributed by atoms with E-state index >= 15 is 0 Å². The van der Waals surface area contributed by atoms with Crippen LogP contribution in [0, 0.1) is 5.92 Å². The minimum atomic E-state index is -4.25. The third kappa shape index (κ3) is 5.52. The van der Waals surface area contributed by atoms with Crippen molar-refractivity contribution >= 4 is 11.8 Å². The maximum absolute atomic E-state index is 12.3. The Kier molecular flexibility index (Phi) is 6.56. The molecular weight excluding hydrogens is 297 g/mol. The minimum Gasteiger partial charge on any atom is -0.329 e. The number of halogens is 3. The Labute approximate surface area is 128 Å². The Morgan fingerprint density at radius 2 is 1.67 bits per heavy atom. The van der Waals surface area contributed by atoms with Crippen LogP contribution >= 0.6 is 11.8 Å². The second-order valence-electron chi connectivity index (χ2n) is 5.52. The zero-order chi connectivity index (χ0) is 16.2. The van der Waals surface area contributed by atoms with Gasteiger partial charge in [0.15, 0.2) is 0 Å². The molecule has 0 amide bonds. The van der Waals surface area contributed by atoms with Crippen LogP contribution in [0.2, 0.25) is 0 Å². The lowest BCUT2D eigenvalue weighted by atomic mass is 9.99. The first-order valence-corrected chi connectivity index (χ1v) is 7.75. The lowest BCUT2D eigenvalue weighted by Gasteiger charge is -2.35. The molecule has 0 aliphatic carbocycles. The molecule has 0 saturated carbocycles. The number of thioether (sulfide) groups is 1. The highest BCUT2D eigenvalue weighted by Gasteiger charge is 2.29. The highest BCUT2D eigenvalue weighted by atomic mass is 32.2. The number of nitrogens with two attached hydrogens (primary N) is 1. The second kappa shape index (κ2) is 7.51. The average molecular weight is 320 g/mol. The van der Waals surface area contributed by atoms with Gasteiger partial charge in [-0.05, 0) is 49.3 Å². The number of alkyl halides is 3. The van der Waals surface area contributed by atoms with Crippen molar-refractivity contribution in [2.75, 3.05) is 13.6 Å². The van der Waals surface area contributed by atoms with E-state index in [1.807, 2.05) is 7.05 Å². The van der Waals surface area contributed by atoms with Gasteiger partial charge in [-0.1, -0.05) is 26.0 Å². The molecule has 0 radical (unpaired) electrons. The molecule has 0 heterocycles. The van der Waals surface area contributed by atoms with Crippen LogP contribution in [0.3, 0.4) is 0 Å². The van der Waals surface area contributed by atoms with Crippen LogP contribution in [0.25, 0.3) is 0 Å².